The van der Waals surface area contributed by atoms with Gasteiger partial charge in [-0.05, 0) is 36.6 Å². The third-order valence-corrected chi connectivity index (χ3v) is 5.93. The van der Waals surface area contributed by atoms with Crippen molar-refractivity contribution >= 4 is 28.4 Å². The first-order chi connectivity index (χ1) is 15.9. The summed E-state index contributed by atoms with van der Waals surface area (Å²) in [6, 6.07) is 7.98. The van der Waals surface area contributed by atoms with E-state index in [4.69, 9.17) is 19.2 Å². The summed E-state index contributed by atoms with van der Waals surface area (Å²) < 4.78 is 16.3. The number of amidine groups is 1. The van der Waals surface area contributed by atoms with Crippen LogP contribution in [-0.2, 0) is 13.0 Å². The number of anilines is 1. The molecule has 1 aromatic heterocycles. The van der Waals surface area contributed by atoms with E-state index in [-0.39, 0.29) is 5.56 Å². The van der Waals surface area contributed by atoms with Crippen LogP contribution in [0.4, 0.5) is 11.6 Å². The summed E-state index contributed by atoms with van der Waals surface area (Å²) in [6.45, 7) is 3.34. The van der Waals surface area contributed by atoms with Gasteiger partial charge in [-0.25, -0.2) is 9.98 Å². The average Bonchev–Trinajstić information content (AvgIpc) is 2.81. The summed E-state index contributed by atoms with van der Waals surface area (Å²) in [5.41, 5.74) is 3.54. The van der Waals surface area contributed by atoms with Gasteiger partial charge in [-0.3, -0.25) is 9.78 Å². The highest BCUT2D eigenvalue weighted by atomic mass is 16.5. The number of benzene rings is 2. The molecular weight excluding hydrogens is 422 g/mol. The molecule has 0 radical (unpaired) electrons. The molecule has 2 aromatic carbocycles. The molecular formula is C24H29N5O4. The first-order valence-electron chi connectivity index (χ1n) is 10.7. The minimum Gasteiger partial charge on any atom is -0.493 e. The van der Waals surface area contributed by atoms with Crippen molar-refractivity contribution in [3.63, 3.8) is 0 Å². The van der Waals surface area contributed by atoms with E-state index in [1.807, 2.05) is 32.0 Å². The predicted octanol–water partition coefficient (Wildman–Crippen LogP) is 3.12. The molecule has 9 nitrogen and oxygen atoms in total. The second-order valence-electron chi connectivity index (χ2n) is 8.11. The number of ether oxygens (including phenoxy) is 3. The van der Waals surface area contributed by atoms with Crippen molar-refractivity contribution in [1.82, 2.24) is 14.9 Å². The zero-order valence-electron chi connectivity index (χ0n) is 19.9. The number of H-pyrrole nitrogens is 1. The van der Waals surface area contributed by atoms with E-state index in [9.17, 15) is 4.79 Å². The van der Waals surface area contributed by atoms with Crippen LogP contribution in [0.3, 0.4) is 0 Å². The molecule has 0 amide bonds. The topological polar surface area (TPSA) is 92.3 Å². The number of hydrogen-bond acceptors (Lipinski definition) is 7. The number of aromatic nitrogens is 2. The first kappa shape index (κ1) is 22.4. The Labute approximate surface area is 192 Å². The van der Waals surface area contributed by atoms with E-state index in [1.54, 1.807) is 6.07 Å². The molecule has 0 saturated heterocycles. The first-order valence-corrected chi connectivity index (χ1v) is 10.7. The Morgan fingerprint density at radius 2 is 1.85 bits per heavy atom. The smallest absolute Gasteiger partial charge is 0.264 e. The minimum atomic E-state index is -0.293. The molecule has 174 valence electrons. The van der Waals surface area contributed by atoms with Crippen LogP contribution in [0.2, 0.25) is 0 Å². The maximum absolute atomic E-state index is 13.1. The fourth-order valence-electron chi connectivity index (χ4n) is 3.99. The lowest BCUT2D eigenvalue weighted by molar-refractivity contribution is 0.327. The molecule has 33 heavy (non-hydrogen) atoms. The van der Waals surface area contributed by atoms with Gasteiger partial charge >= 0.3 is 0 Å². The van der Waals surface area contributed by atoms with E-state index in [0.29, 0.717) is 40.6 Å². The molecule has 0 unspecified atom stereocenters. The van der Waals surface area contributed by atoms with Crippen LogP contribution in [0.15, 0.2) is 34.1 Å². The second kappa shape index (κ2) is 9.01. The molecule has 1 N–H and O–H groups in total. The third-order valence-electron chi connectivity index (χ3n) is 5.93. The highest BCUT2D eigenvalue weighted by Gasteiger charge is 2.23. The standard InChI is InChI=1S/C24H29N5O4/c1-14(28(2)3)25-17-8-7-15-9-10-29(13-16(15)11-17)24-26-18-12-19(31-4)21(32-5)22(33-6)20(18)23(30)27-24/h7-8,11-12H,9-10,13H2,1-6H3,(H,26,27,30). The van der Waals surface area contributed by atoms with Gasteiger partial charge in [-0.1, -0.05) is 6.07 Å². The van der Waals surface area contributed by atoms with E-state index in [2.05, 4.69) is 27.0 Å². The highest BCUT2D eigenvalue weighted by Crippen LogP contribution is 2.41. The zero-order valence-corrected chi connectivity index (χ0v) is 19.9. The quantitative estimate of drug-likeness (QED) is 0.471. The normalized spacial score (nSPS) is 13.6. The Hall–Kier alpha value is -3.75. The molecule has 3 aromatic rings. The SMILES string of the molecule is COc1cc2nc(N3CCc4ccc(N=C(C)N(C)C)cc4C3)[nH]c(=O)c2c(OC)c1OC. The van der Waals surface area contributed by atoms with Crippen molar-refractivity contribution in [2.45, 2.75) is 19.9 Å². The lowest BCUT2D eigenvalue weighted by Gasteiger charge is -2.29. The number of nitrogens with zero attached hydrogens (tertiary/aromatic N) is 4. The molecule has 0 aliphatic carbocycles. The number of methoxy groups -OCH3 is 3. The monoisotopic (exact) mass is 451 g/mol. The second-order valence-corrected chi connectivity index (χ2v) is 8.11. The summed E-state index contributed by atoms with van der Waals surface area (Å²) in [7, 11) is 8.48. The molecule has 0 atom stereocenters. The predicted molar refractivity (Wildman–Crippen MR) is 130 cm³/mol. The molecule has 2 heterocycles. The lowest BCUT2D eigenvalue weighted by Crippen LogP contribution is -2.33. The van der Waals surface area contributed by atoms with Crippen molar-refractivity contribution in [2.24, 2.45) is 4.99 Å². The number of nitrogens with one attached hydrogen (secondary N) is 1. The number of aromatic amines is 1. The van der Waals surface area contributed by atoms with E-state index < -0.39 is 0 Å². The van der Waals surface area contributed by atoms with Crippen LogP contribution in [0.25, 0.3) is 10.9 Å². The average molecular weight is 452 g/mol. The Kier molecular flexibility index (Phi) is 6.13. The third kappa shape index (κ3) is 4.18. The van der Waals surface area contributed by atoms with Crippen molar-refractivity contribution in [2.75, 3.05) is 46.9 Å². The van der Waals surface area contributed by atoms with Crippen LogP contribution in [-0.4, -0.2) is 62.7 Å². The molecule has 1 aliphatic heterocycles. The van der Waals surface area contributed by atoms with Crippen LogP contribution in [0.1, 0.15) is 18.1 Å². The fraction of sp³-hybridized carbons (Fsp3) is 0.375. The number of rotatable bonds is 5. The maximum atomic E-state index is 13.1. The van der Waals surface area contributed by atoms with Gasteiger partial charge in [-0.2, -0.15) is 0 Å². The molecule has 1 aliphatic rings. The largest absolute Gasteiger partial charge is 0.493 e. The Morgan fingerprint density at radius 3 is 2.52 bits per heavy atom. The fourth-order valence-corrected chi connectivity index (χ4v) is 3.99. The van der Waals surface area contributed by atoms with Crippen molar-refractivity contribution in [3.05, 3.63) is 45.7 Å². The van der Waals surface area contributed by atoms with Crippen LogP contribution < -0.4 is 24.7 Å². The van der Waals surface area contributed by atoms with Crippen molar-refractivity contribution < 1.29 is 14.2 Å². The number of hydrogen-bond donors (Lipinski definition) is 1. The number of aliphatic imine (C=N–C) groups is 1. The lowest BCUT2D eigenvalue weighted by atomic mass is 9.99. The van der Waals surface area contributed by atoms with Crippen molar-refractivity contribution in [1.29, 1.82) is 0 Å². The Balaban J connectivity index is 1.74. The van der Waals surface area contributed by atoms with Gasteiger partial charge in [-0.15, -0.1) is 0 Å². The Bertz CT molecular complexity index is 1280. The van der Waals surface area contributed by atoms with Gasteiger partial charge in [0.25, 0.3) is 5.56 Å². The summed E-state index contributed by atoms with van der Waals surface area (Å²) in [6.07, 6.45) is 0.850. The van der Waals surface area contributed by atoms with Gasteiger partial charge in [0.05, 0.1) is 32.5 Å². The van der Waals surface area contributed by atoms with E-state index in [0.717, 1.165) is 24.5 Å². The van der Waals surface area contributed by atoms with Gasteiger partial charge in [0.1, 0.15) is 11.2 Å². The van der Waals surface area contributed by atoms with Gasteiger partial charge in [0.2, 0.25) is 11.7 Å². The maximum Gasteiger partial charge on any atom is 0.264 e. The summed E-state index contributed by atoms with van der Waals surface area (Å²) in [5.74, 6) is 2.55. The highest BCUT2D eigenvalue weighted by molar-refractivity contribution is 5.90. The van der Waals surface area contributed by atoms with Gasteiger partial charge < -0.3 is 24.0 Å². The minimum absolute atomic E-state index is 0.293. The summed E-state index contributed by atoms with van der Waals surface area (Å²) >= 11 is 0. The van der Waals surface area contributed by atoms with Crippen molar-refractivity contribution in [3.8, 4) is 17.2 Å². The van der Waals surface area contributed by atoms with Gasteiger partial charge in [0.15, 0.2) is 11.5 Å². The summed E-state index contributed by atoms with van der Waals surface area (Å²) in [5, 5.41) is 0.326. The van der Waals surface area contributed by atoms with E-state index in [1.165, 1.54) is 32.5 Å². The zero-order chi connectivity index (χ0) is 23.7. The summed E-state index contributed by atoms with van der Waals surface area (Å²) in [4.78, 5) is 29.5. The van der Waals surface area contributed by atoms with Gasteiger partial charge in [0, 0.05) is 33.3 Å². The number of fused-ring (bicyclic) bond motifs is 2. The molecule has 0 spiro atoms. The van der Waals surface area contributed by atoms with E-state index >= 15 is 0 Å². The van der Waals surface area contributed by atoms with Crippen LogP contribution in [0.5, 0.6) is 17.2 Å². The molecule has 4 rings (SSSR count). The molecule has 0 fully saturated rings. The molecule has 0 saturated carbocycles. The van der Waals surface area contributed by atoms with Crippen LogP contribution in [0, 0.1) is 0 Å². The Morgan fingerprint density at radius 1 is 1.09 bits per heavy atom. The molecule has 0 bridgehead atoms. The molecule has 9 heteroatoms. The van der Waals surface area contributed by atoms with Crippen LogP contribution >= 0.6 is 0 Å².